The summed E-state index contributed by atoms with van der Waals surface area (Å²) in [6.07, 6.45) is 2.67. The molecule has 1 aromatic heterocycles. The van der Waals surface area contributed by atoms with Gasteiger partial charge in [0, 0.05) is 23.7 Å². The zero-order chi connectivity index (χ0) is 24.5. The highest BCUT2D eigenvalue weighted by atomic mass is 16.5. The topological polar surface area (TPSA) is 123 Å². The maximum Gasteiger partial charge on any atom is 0.320 e. The number of aromatic nitrogens is 2. The Morgan fingerprint density at radius 2 is 1.88 bits per heavy atom. The molecule has 0 fully saturated rings. The molecule has 0 aliphatic heterocycles. The Kier molecular flexibility index (Phi) is 9.00. The molecule has 3 rings (SSSR count). The van der Waals surface area contributed by atoms with Crippen LogP contribution in [0.5, 0.6) is 11.5 Å². The van der Waals surface area contributed by atoms with Gasteiger partial charge in [0.05, 0.1) is 19.2 Å². The molecule has 0 aliphatic rings. The van der Waals surface area contributed by atoms with Crippen molar-refractivity contribution in [2.75, 3.05) is 38.7 Å². The summed E-state index contributed by atoms with van der Waals surface area (Å²) in [6.45, 7) is 7.92. The lowest BCUT2D eigenvalue weighted by Gasteiger charge is -2.18. The van der Waals surface area contributed by atoms with Gasteiger partial charge in [0.1, 0.15) is 18.2 Å². The molecule has 1 heterocycles. The van der Waals surface area contributed by atoms with Gasteiger partial charge in [-0.25, -0.2) is 9.97 Å². The van der Waals surface area contributed by atoms with Gasteiger partial charge in [-0.2, -0.15) is 0 Å². The molecular weight excluding hydrogens is 434 g/mol. The largest absolute Gasteiger partial charge is 0.493 e. The quantitative estimate of drug-likeness (QED) is 0.324. The number of anilines is 2. The van der Waals surface area contributed by atoms with Gasteiger partial charge >= 0.3 is 5.97 Å². The van der Waals surface area contributed by atoms with Crippen molar-refractivity contribution in [3.63, 3.8) is 0 Å². The van der Waals surface area contributed by atoms with Crippen molar-refractivity contribution in [3.05, 3.63) is 48.3 Å². The SMILES string of the molecule is CCN(CC)CCCOc1cc2c(Nc3ccc(C[C@H](N)C(=O)O)cc3)ncnc2cc1OC. The lowest BCUT2D eigenvalue weighted by Crippen LogP contribution is -2.32. The first-order valence-electron chi connectivity index (χ1n) is 11.5. The van der Waals surface area contributed by atoms with Gasteiger partial charge in [0.2, 0.25) is 0 Å². The second-order valence-electron chi connectivity index (χ2n) is 7.94. The van der Waals surface area contributed by atoms with Crippen LogP contribution in [0.4, 0.5) is 11.5 Å². The summed E-state index contributed by atoms with van der Waals surface area (Å²) in [5, 5.41) is 13.1. The molecule has 1 atom stereocenters. The van der Waals surface area contributed by atoms with Crippen LogP contribution in [0, 0.1) is 0 Å². The van der Waals surface area contributed by atoms with Crippen molar-refractivity contribution in [2.45, 2.75) is 32.7 Å². The Bertz CT molecular complexity index is 1090. The zero-order valence-electron chi connectivity index (χ0n) is 20.0. The highest BCUT2D eigenvalue weighted by Gasteiger charge is 2.14. The second kappa shape index (κ2) is 12.2. The van der Waals surface area contributed by atoms with Crippen LogP contribution >= 0.6 is 0 Å². The van der Waals surface area contributed by atoms with E-state index in [0.717, 1.165) is 48.2 Å². The number of fused-ring (bicyclic) bond motifs is 1. The summed E-state index contributed by atoms with van der Waals surface area (Å²) in [4.78, 5) is 22.1. The third kappa shape index (κ3) is 6.55. The van der Waals surface area contributed by atoms with E-state index in [0.29, 0.717) is 23.9 Å². The molecule has 2 aromatic carbocycles. The van der Waals surface area contributed by atoms with E-state index < -0.39 is 12.0 Å². The number of carboxylic acid groups (broad SMARTS) is 1. The van der Waals surface area contributed by atoms with Crippen LogP contribution in [0.25, 0.3) is 10.9 Å². The van der Waals surface area contributed by atoms with Crippen LogP contribution in [0.2, 0.25) is 0 Å². The number of carboxylic acids is 1. The molecule has 0 bridgehead atoms. The Balaban J connectivity index is 1.76. The molecule has 0 aliphatic carbocycles. The third-order valence-corrected chi connectivity index (χ3v) is 5.68. The van der Waals surface area contributed by atoms with E-state index in [2.05, 4.69) is 34.0 Å². The number of hydrogen-bond acceptors (Lipinski definition) is 8. The minimum absolute atomic E-state index is 0.265. The minimum Gasteiger partial charge on any atom is -0.493 e. The van der Waals surface area contributed by atoms with Crippen molar-refractivity contribution in [1.82, 2.24) is 14.9 Å². The lowest BCUT2D eigenvalue weighted by molar-refractivity contribution is -0.138. The molecular formula is C25H33N5O4. The predicted octanol–water partition coefficient (Wildman–Crippen LogP) is 3.45. The summed E-state index contributed by atoms with van der Waals surface area (Å²) >= 11 is 0. The van der Waals surface area contributed by atoms with Crippen molar-refractivity contribution >= 4 is 28.4 Å². The van der Waals surface area contributed by atoms with Gasteiger partial charge in [-0.05, 0) is 49.7 Å². The maximum absolute atomic E-state index is 11.0. The standard InChI is InChI=1S/C25H33N5O4/c1-4-30(5-2)11-6-12-34-23-14-19-21(15-22(23)33-3)27-16-28-24(19)29-18-9-7-17(8-10-18)13-20(26)25(31)32/h7-10,14-16,20H,4-6,11-13,26H2,1-3H3,(H,31,32)(H,27,28,29)/t20-/m0/s1. The smallest absolute Gasteiger partial charge is 0.320 e. The van der Waals surface area contributed by atoms with Crippen LogP contribution < -0.4 is 20.5 Å². The molecule has 0 radical (unpaired) electrons. The molecule has 9 nitrogen and oxygen atoms in total. The number of nitrogens with zero attached hydrogens (tertiary/aromatic N) is 3. The van der Waals surface area contributed by atoms with E-state index in [1.807, 2.05) is 36.4 Å². The zero-order valence-corrected chi connectivity index (χ0v) is 20.0. The molecule has 34 heavy (non-hydrogen) atoms. The first kappa shape index (κ1) is 25.2. The Hall–Kier alpha value is -3.43. The highest BCUT2D eigenvalue weighted by Crippen LogP contribution is 2.34. The number of nitrogens with two attached hydrogens (primary N) is 1. The maximum atomic E-state index is 11.0. The fourth-order valence-corrected chi connectivity index (χ4v) is 3.65. The molecule has 4 N–H and O–H groups in total. The van der Waals surface area contributed by atoms with Crippen LogP contribution in [0.1, 0.15) is 25.8 Å². The predicted molar refractivity (Wildman–Crippen MR) is 133 cm³/mol. The number of nitrogens with one attached hydrogen (secondary N) is 1. The van der Waals surface area contributed by atoms with Crippen LogP contribution in [0.3, 0.4) is 0 Å². The van der Waals surface area contributed by atoms with Crippen molar-refractivity contribution in [1.29, 1.82) is 0 Å². The molecule has 0 saturated carbocycles. The first-order chi connectivity index (χ1) is 16.4. The number of rotatable bonds is 13. The Labute approximate surface area is 199 Å². The van der Waals surface area contributed by atoms with E-state index in [-0.39, 0.29) is 6.42 Å². The summed E-state index contributed by atoms with van der Waals surface area (Å²) in [5.41, 5.74) is 8.01. The monoisotopic (exact) mass is 467 g/mol. The Morgan fingerprint density at radius 1 is 1.15 bits per heavy atom. The highest BCUT2D eigenvalue weighted by molar-refractivity contribution is 5.93. The summed E-state index contributed by atoms with van der Waals surface area (Å²) in [6, 6.07) is 10.2. The van der Waals surface area contributed by atoms with E-state index in [1.54, 1.807) is 7.11 Å². The summed E-state index contributed by atoms with van der Waals surface area (Å²) < 4.78 is 11.6. The van der Waals surface area contributed by atoms with Crippen LogP contribution in [-0.4, -0.2) is 65.3 Å². The average Bonchev–Trinajstić information content (AvgIpc) is 2.85. The number of methoxy groups -OCH3 is 1. The van der Waals surface area contributed by atoms with E-state index in [9.17, 15) is 4.79 Å². The summed E-state index contributed by atoms with van der Waals surface area (Å²) in [7, 11) is 1.61. The minimum atomic E-state index is -1.02. The van der Waals surface area contributed by atoms with Crippen LogP contribution in [0.15, 0.2) is 42.7 Å². The number of benzene rings is 2. The van der Waals surface area contributed by atoms with Gasteiger partial charge in [-0.3, -0.25) is 4.79 Å². The van der Waals surface area contributed by atoms with Crippen LogP contribution in [-0.2, 0) is 11.2 Å². The number of carbonyl (C=O) groups is 1. The molecule has 0 unspecified atom stereocenters. The van der Waals surface area contributed by atoms with Crippen molar-refractivity contribution in [2.24, 2.45) is 5.73 Å². The van der Waals surface area contributed by atoms with Crippen molar-refractivity contribution < 1.29 is 19.4 Å². The molecule has 182 valence electrons. The number of ether oxygens (including phenoxy) is 2. The van der Waals surface area contributed by atoms with Gasteiger partial charge in [0.15, 0.2) is 11.5 Å². The van der Waals surface area contributed by atoms with Gasteiger partial charge in [0.25, 0.3) is 0 Å². The molecule has 0 amide bonds. The molecule has 0 spiro atoms. The fraction of sp³-hybridized carbons (Fsp3) is 0.400. The molecule has 9 heteroatoms. The van der Waals surface area contributed by atoms with Crippen molar-refractivity contribution in [3.8, 4) is 11.5 Å². The number of aliphatic carboxylic acids is 1. The average molecular weight is 468 g/mol. The molecule has 0 saturated heterocycles. The van der Waals surface area contributed by atoms with Gasteiger partial charge in [-0.15, -0.1) is 0 Å². The van der Waals surface area contributed by atoms with Gasteiger partial charge < -0.3 is 30.5 Å². The van der Waals surface area contributed by atoms with E-state index >= 15 is 0 Å². The van der Waals surface area contributed by atoms with E-state index in [1.165, 1.54) is 6.33 Å². The fourth-order valence-electron chi connectivity index (χ4n) is 3.65. The van der Waals surface area contributed by atoms with E-state index in [4.69, 9.17) is 20.3 Å². The molecule has 3 aromatic rings. The normalized spacial score (nSPS) is 12.0. The third-order valence-electron chi connectivity index (χ3n) is 5.68. The summed E-state index contributed by atoms with van der Waals surface area (Å²) in [5.74, 6) is 0.885. The lowest BCUT2D eigenvalue weighted by atomic mass is 10.1. The van der Waals surface area contributed by atoms with Gasteiger partial charge in [-0.1, -0.05) is 26.0 Å². The Morgan fingerprint density at radius 3 is 2.53 bits per heavy atom. The first-order valence-corrected chi connectivity index (χ1v) is 11.5. The number of hydrogen-bond donors (Lipinski definition) is 3. The second-order valence-corrected chi connectivity index (χ2v) is 7.94.